The van der Waals surface area contributed by atoms with Crippen LogP contribution in [0.15, 0.2) is 54.9 Å². The molecule has 1 saturated heterocycles. The predicted octanol–water partition coefficient (Wildman–Crippen LogP) is -0.0482. The van der Waals surface area contributed by atoms with Crippen molar-refractivity contribution in [2.75, 3.05) is 34.7 Å². The number of ether oxygens (including phenoxy) is 7. The Morgan fingerprint density at radius 2 is 1.55 bits per heavy atom. The van der Waals surface area contributed by atoms with Crippen molar-refractivity contribution >= 4 is 11.9 Å². The fourth-order valence-corrected chi connectivity index (χ4v) is 5.81. The molecule has 4 atom stereocenters. The van der Waals surface area contributed by atoms with Crippen molar-refractivity contribution in [1.29, 1.82) is 0 Å². The van der Waals surface area contributed by atoms with Gasteiger partial charge in [-0.2, -0.15) is 4.57 Å². The van der Waals surface area contributed by atoms with E-state index in [1.165, 1.54) is 7.11 Å². The van der Waals surface area contributed by atoms with E-state index in [0.29, 0.717) is 28.7 Å². The summed E-state index contributed by atoms with van der Waals surface area (Å²) in [7, 11) is 4.62. The Balaban J connectivity index is 0.00000323. The van der Waals surface area contributed by atoms with Gasteiger partial charge >= 0.3 is 11.9 Å². The molecule has 10 nitrogen and oxygen atoms in total. The summed E-state index contributed by atoms with van der Waals surface area (Å²) in [5.74, 6) is 0.200. The lowest BCUT2D eigenvalue weighted by Gasteiger charge is -2.38. The van der Waals surface area contributed by atoms with Crippen LogP contribution >= 0.6 is 0 Å². The number of carbonyl (C=O) groups excluding carboxylic acids is 2. The molecule has 1 aliphatic carbocycles. The van der Waals surface area contributed by atoms with Gasteiger partial charge in [-0.05, 0) is 35.4 Å². The van der Waals surface area contributed by atoms with Gasteiger partial charge in [0.15, 0.2) is 35.4 Å². The average molecular weight is 570 g/mol. The van der Waals surface area contributed by atoms with Crippen molar-refractivity contribution in [2.24, 2.45) is 11.8 Å². The highest BCUT2D eigenvalue weighted by atomic mass is 35.5. The topological polar surface area (TPSA) is 103 Å². The molecule has 2 aromatic carbocycles. The van der Waals surface area contributed by atoms with Crippen molar-refractivity contribution in [3.05, 3.63) is 71.5 Å². The lowest BCUT2D eigenvalue weighted by Crippen LogP contribution is -3.00. The first-order valence-corrected chi connectivity index (χ1v) is 12.6. The molecule has 3 aromatic rings. The van der Waals surface area contributed by atoms with Gasteiger partial charge in [-0.1, -0.05) is 6.07 Å². The summed E-state index contributed by atoms with van der Waals surface area (Å²) in [5.41, 5.74) is 2.28. The van der Waals surface area contributed by atoms with Gasteiger partial charge in [0.1, 0.15) is 6.10 Å². The minimum Gasteiger partial charge on any atom is -1.00 e. The lowest BCUT2D eigenvalue weighted by atomic mass is 9.66. The van der Waals surface area contributed by atoms with Gasteiger partial charge in [0.2, 0.25) is 19.1 Å². The number of halogens is 1. The Kier molecular flexibility index (Phi) is 7.62. The van der Waals surface area contributed by atoms with Crippen molar-refractivity contribution in [1.82, 2.24) is 0 Å². The van der Waals surface area contributed by atoms with Crippen LogP contribution < -0.4 is 40.7 Å². The SMILES string of the molecule is COc1cc(C2c3cc4c(cc3C(OC(=O)C[n+]3ccccc3)C3COC(=O)C23)OCO4)cc(OC)c1OC.[Cl-]. The van der Waals surface area contributed by atoms with Crippen LogP contribution in [0.1, 0.15) is 28.7 Å². The molecule has 0 radical (unpaired) electrons. The van der Waals surface area contributed by atoms with Crippen molar-refractivity contribution in [3.8, 4) is 28.7 Å². The molecular formula is C29H28ClNO9. The van der Waals surface area contributed by atoms with Crippen LogP contribution in [-0.2, 0) is 25.6 Å². The number of aromatic nitrogens is 1. The predicted molar refractivity (Wildman–Crippen MR) is 134 cm³/mol. The molecule has 2 aliphatic heterocycles. The molecular weight excluding hydrogens is 542 g/mol. The zero-order valence-corrected chi connectivity index (χ0v) is 22.9. The molecule has 0 bridgehead atoms. The van der Waals surface area contributed by atoms with E-state index in [4.69, 9.17) is 33.2 Å². The number of pyridine rings is 1. The number of methoxy groups -OCH3 is 3. The minimum absolute atomic E-state index is 0. The number of hydrogen-bond donors (Lipinski definition) is 0. The normalized spacial score (nSPS) is 21.8. The molecule has 210 valence electrons. The highest BCUT2D eigenvalue weighted by Gasteiger charge is 2.54. The number of benzene rings is 2. The Morgan fingerprint density at radius 1 is 0.900 bits per heavy atom. The summed E-state index contributed by atoms with van der Waals surface area (Å²) in [4.78, 5) is 26.4. The molecule has 1 fully saturated rings. The van der Waals surface area contributed by atoms with E-state index >= 15 is 0 Å². The Bertz CT molecular complexity index is 1410. The van der Waals surface area contributed by atoms with Crippen LogP contribution in [0.2, 0.25) is 0 Å². The van der Waals surface area contributed by atoms with Gasteiger partial charge in [-0.15, -0.1) is 0 Å². The smallest absolute Gasteiger partial charge is 0.373 e. The number of cyclic esters (lactones) is 1. The highest BCUT2D eigenvalue weighted by Crippen LogP contribution is 2.56. The molecule has 3 heterocycles. The van der Waals surface area contributed by atoms with Crippen molar-refractivity contribution in [3.63, 3.8) is 0 Å². The largest absolute Gasteiger partial charge is 1.00 e. The van der Waals surface area contributed by atoms with Crippen molar-refractivity contribution < 1.29 is 59.7 Å². The number of nitrogens with zero attached hydrogens (tertiary/aromatic N) is 1. The first-order valence-electron chi connectivity index (χ1n) is 12.6. The van der Waals surface area contributed by atoms with Gasteiger partial charge in [-0.3, -0.25) is 4.79 Å². The molecule has 0 N–H and O–H groups in total. The monoisotopic (exact) mass is 569 g/mol. The Morgan fingerprint density at radius 3 is 2.17 bits per heavy atom. The molecule has 3 aliphatic rings. The van der Waals surface area contributed by atoms with E-state index in [0.717, 1.165) is 16.7 Å². The molecule has 0 spiro atoms. The Labute approximate surface area is 237 Å². The summed E-state index contributed by atoms with van der Waals surface area (Å²) >= 11 is 0. The van der Waals surface area contributed by atoms with E-state index in [2.05, 4.69) is 0 Å². The quantitative estimate of drug-likeness (QED) is 0.286. The van der Waals surface area contributed by atoms with E-state index in [1.807, 2.05) is 42.5 Å². The van der Waals surface area contributed by atoms with Gasteiger partial charge in [0.25, 0.3) is 0 Å². The zero-order chi connectivity index (χ0) is 27.1. The van der Waals surface area contributed by atoms with E-state index in [-0.39, 0.29) is 38.3 Å². The second kappa shape index (κ2) is 11.1. The van der Waals surface area contributed by atoms with Crippen LogP contribution in [0.3, 0.4) is 0 Å². The van der Waals surface area contributed by atoms with Crippen molar-refractivity contribution in [2.45, 2.75) is 18.6 Å². The maximum atomic E-state index is 13.3. The van der Waals surface area contributed by atoms with E-state index < -0.39 is 29.8 Å². The number of esters is 2. The standard InChI is InChI=1S/C29H28NO9.ClH/c1-33-22-9-16(10-23(34-2)28(22)35-3)25-17-11-20-21(38-15-37-20)12-18(17)27(19-14-36-29(32)26(19)25)39-24(31)13-30-7-5-4-6-8-30;/h4-12,19,25-27H,13-15H2,1-3H3;1H/q+1;/p-1. The third kappa shape index (κ3) is 4.62. The second-order valence-electron chi connectivity index (χ2n) is 9.55. The summed E-state index contributed by atoms with van der Waals surface area (Å²) in [6, 6.07) is 12.9. The van der Waals surface area contributed by atoms with Gasteiger partial charge in [-0.25, -0.2) is 4.79 Å². The number of rotatable bonds is 7. The van der Waals surface area contributed by atoms with Gasteiger partial charge in [0.05, 0.1) is 33.9 Å². The maximum absolute atomic E-state index is 13.3. The molecule has 11 heteroatoms. The minimum atomic E-state index is -0.721. The van der Waals surface area contributed by atoms with Gasteiger partial charge < -0.3 is 45.6 Å². The van der Waals surface area contributed by atoms with Crippen LogP contribution in [0.25, 0.3) is 0 Å². The fraction of sp³-hybridized carbons (Fsp3) is 0.345. The number of hydrogen-bond acceptors (Lipinski definition) is 9. The molecule has 4 unspecified atom stereocenters. The summed E-state index contributed by atoms with van der Waals surface area (Å²) in [5, 5.41) is 0. The maximum Gasteiger partial charge on any atom is 0.373 e. The summed E-state index contributed by atoms with van der Waals surface area (Å²) < 4.78 is 41.5. The third-order valence-corrected chi connectivity index (χ3v) is 7.51. The second-order valence-corrected chi connectivity index (χ2v) is 9.55. The highest BCUT2D eigenvalue weighted by molar-refractivity contribution is 5.79. The lowest BCUT2D eigenvalue weighted by molar-refractivity contribution is -0.686. The first kappa shape index (κ1) is 27.4. The van der Waals surface area contributed by atoms with Gasteiger partial charge in [0, 0.05) is 29.5 Å². The molecule has 6 rings (SSSR count). The molecule has 1 aromatic heterocycles. The molecule has 0 amide bonds. The van der Waals surface area contributed by atoms with Crippen LogP contribution in [0, 0.1) is 11.8 Å². The van der Waals surface area contributed by atoms with Crippen LogP contribution in [-0.4, -0.2) is 46.7 Å². The number of fused-ring (bicyclic) bond motifs is 3. The fourth-order valence-electron chi connectivity index (χ4n) is 5.81. The Hall–Kier alpha value is -4.18. The first-order chi connectivity index (χ1) is 19.0. The van der Waals surface area contributed by atoms with Crippen LogP contribution in [0.5, 0.6) is 28.7 Å². The van der Waals surface area contributed by atoms with Crippen LogP contribution in [0.4, 0.5) is 0 Å². The summed E-state index contributed by atoms with van der Waals surface area (Å²) in [6.45, 7) is 0.228. The average Bonchev–Trinajstić information content (AvgIpc) is 3.58. The van der Waals surface area contributed by atoms with E-state index in [9.17, 15) is 9.59 Å². The zero-order valence-electron chi connectivity index (χ0n) is 22.1. The summed E-state index contributed by atoms with van der Waals surface area (Å²) in [6.07, 6.45) is 2.86. The third-order valence-electron chi connectivity index (χ3n) is 7.51. The molecule has 0 saturated carbocycles. The molecule has 40 heavy (non-hydrogen) atoms. The number of carbonyl (C=O) groups is 2. The van der Waals surface area contributed by atoms with E-state index in [1.54, 1.807) is 31.2 Å².